The fraction of sp³-hybridized carbons (Fsp3) is 0.240. The average molecular weight is 454 g/mol. The summed E-state index contributed by atoms with van der Waals surface area (Å²) in [6.07, 6.45) is 2.14. The van der Waals surface area contributed by atoms with Gasteiger partial charge in [-0.15, -0.1) is 0 Å². The zero-order chi connectivity index (χ0) is 23.5. The lowest BCUT2D eigenvalue weighted by Crippen LogP contribution is -2.30. The number of nitrogens with zero attached hydrogens (tertiary/aromatic N) is 2. The molecule has 0 atom stereocenters. The van der Waals surface area contributed by atoms with E-state index >= 15 is 0 Å². The number of rotatable bonds is 8. The molecule has 0 saturated carbocycles. The Kier molecular flexibility index (Phi) is 6.35. The standard InChI is InChI=1S/C25H24F2N2O4/c1-28(10-8-16-5-7-22(31-2)24(13-16)32-3)25(30)21-14-23-20(9-11-33-23)29(21)15-17-4-6-18(26)19(27)12-17/h4-7,9,11-14H,8,10,15H2,1-3H3. The Labute approximate surface area is 189 Å². The number of benzene rings is 2. The largest absolute Gasteiger partial charge is 0.493 e. The maximum absolute atomic E-state index is 13.7. The number of furan rings is 1. The number of likely N-dealkylation sites (N-methyl/N-ethyl adjacent to an activating group) is 1. The second-order valence-electron chi connectivity index (χ2n) is 7.70. The third-order valence-corrected chi connectivity index (χ3v) is 5.60. The van der Waals surface area contributed by atoms with E-state index in [1.54, 1.807) is 42.9 Å². The van der Waals surface area contributed by atoms with Crippen LogP contribution >= 0.6 is 0 Å². The minimum atomic E-state index is -0.928. The van der Waals surface area contributed by atoms with E-state index in [-0.39, 0.29) is 12.5 Å². The van der Waals surface area contributed by atoms with E-state index in [0.717, 1.165) is 17.7 Å². The van der Waals surface area contributed by atoms with Crippen molar-refractivity contribution in [2.75, 3.05) is 27.8 Å². The number of fused-ring (bicyclic) bond motifs is 1. The third kappa shape index (κ3) is 4.55. The number of carbonyl (C=O) groups is 1. The Balaban J connectivity index is 1.54. The number of halogens is 2. The van der Waals surface area contributed by atoms with Crippen LogP contribution in [0.4, 0.5) is 8.78 Å². The third-order valence-electron chi connectivity index (χ3n) is 5.60. The van der Waals surface area contributed by atoms with Gasteiger partial charge in [0.25, 0.3) is 5.91 Å². The number of amides is 1. The molecular formula is C25H24F2N2O4. The van der Waals surface area contributed by atoms with Gasteiger partial charge in [-0.3, -0.25) is 4.79 Å². The summed E-state index contributed by atoms with van der Waals surface area (Å²) in [5, 5.41) is 0. The highest BCUT2D eigenvalue weighted by molar-refractivity contribution is 5.97. The van der Waals surface area contributed by atoms with E-state index in [0.29, 0.717) is 46.8 Å². The summed E-state index contributed by atoms with van der Waals surface area (Å²) in [4.78, 5) is 14.9. The second kappa shape index (κ2) is 9.36. The van der Waals surface area contributed by atoms with Crippen LogP contribution in [-0.2, 0) is 13.0 Å². The molecule has 33 heavy (non-hydrogen) atoms. The summed E-state index contributed by atoms with van der Waals surface area (Å²) in [5.41, 5.74) is 3.20. The van der Waals surface area contributed by atoms with Crippen molar-refractivity contribution in [1.29, 1.82) is 0 Å². The highest BCUT2D eigenvalue weighted by atomic mass is 19.2. The van der Waals surface area contributed by atoms with E-state index in [9.17, 15) is 13.6 Å². The number of hydrogen-bond acceptors (Lipinski definition) is 4. The van der Waals surface area contributed by atoms with Crippen molar-refractivity contribution in [2.45, 2.75) is 13.0 Å². The van der Waals surface area contributed by atoms with Gasteiger partial charge in [0.1, 0.15) is 5.69 Å². The quantitative estimate of drug-likeness (QED) is 0.380. The molecule has 6 nitrogen and oxygen atoms in total. The molecular weight excluding hydrogens is 430 g/mol. The fourth-order valence-corrected chi connectivity index (χ4v) is 3.78. The lowest BCUT2D eigenvalue weighted by molar-refractivity contribution is 0.0787. The predicted octanol–water partition coefficient (Wildman–Crippen LogP) is 4.89. The van der Waals surface area contributed by atoms with Crippen LogP contribution in [0, 0.1) is 11.6 Å². The van der Waals surface area contributed by atoms with Gasteiger partial charge in [-0.2, -0.15) is 0 Å². The van der Waals surface area contributed by atoms with Crippen LogP contribution in [0.5, 0.6) is 11.5 Å². The van der Waals surface area contributed by atoms with Crippen LogP contribution in [0.3, 0.4) is 0 Å². The fourth-order valence-electron chi connectivity index (χ4n) is 3.78. The van der Waals surface area contributed by atoms with Crippen molar-refractivity contribution < 1.29 is 27.5 Å². The molecule has 0 aliphatic heterocycles. The Bertz CT molecular complexity index is 1300. The van der Waals surface area contributed by atoms with E-state index in [4.69, 9.17) is 13.9 Å². The second-order valence-corrected chi connectivity index (χ2v) is 7.70. The van der Waals surface area contributed by atoms with E-state index in [1.807, 2.05) is 18.2 Å². The first-order valence-corrected chi connectivity index (χ1v) is 10.4. The minimum absolute atomic E-state index is 0.199. The zero-order valence-corrected chi connectivity index (χ0v) is 18.6. The summed E-state index contributed by atoms with van der Waals surface area (Å²) in [6, 6.07) is 12.8. The van der Waals surface area contributed by atoms with Gasteiger partial charge in [-0.25, -0.2) is 8.78 Å². The molecule has 0 aliphatic rings. The number of aromatic nitrogens is 1. The molecule has 2 aromatic heterocycles. The maximum atomic E-state index is 13.7. The van der Waals surface area contributed by atoms with Crippen molar-refractivity contribution in [3.8, 4) is 11.5 Å². The van der Waals surface area contributed by atoms with Crippen LogP contribution in [0.2, 0.25) is 0 Å². The average Bonchev–Trinajstić information content (AvgIpc) is 3.41. The Morgan fingerprint density at radius 3 is 2.45 bits per heavy atom. The van der Waals surface area contributed by atoms with Crippen molar-refractivity contribution in [3.63, 3.8) is 0 Å². The summed E-state index contributed by atoms with van der Waals surface area (Å²) in [5.74, 6) is -0.772. The molecule has 0 saturated heterocycles. The summed E-state index contributed by atoms with van der Waals surface area (Å²) >= 11 is 0. The molecule has 2 aromatic carbocycles. The van der Waals surface area contributed by atoms with Crippen LogP contribution in [-0.4, -0.2) is 43.2 Å². The summed E-state index contributed by atoms with van der Waals surface area (Å²) < 4.78 is 44.9. The Morgan fingerprint density at radius 2 is 1.73 bits per heavy atom. The molecule has 2 heterocycles. The van der Waals surface area contributed by atoms with E-state index in [2.05, 4.69) is 0 Å². The van der Waals surface area contributed by atoms with Gasteiger partial charge in [0, 0.05) is 32.3 Å². The molecule has 4 rings (SSSR count). The molecule has 1 amide bonds. The van der Waals surface area contributed by atoms with Gasteiger partial charge in [-0.05, 0) is 41.8 Å². The molecule has 8 heteroatoms. The first-order valence-electron chi connectivity index (χ1n) is 10.4. The molecule has 172 valence electrons. The lowest BCUT2D eigenvalue weighted by atomic mass is 10.1. The molecule has 0 fully saturated rings. The lowest BCUT2D eigenvalue weighted by Gasteiger charge is -2.19. The highest BCUT2D eigenvalue weighted by Gasteiger charge is 2.21. The topological polar surface area (TPSA) is 56.8 Å². The van der Waals surface area contributed by atoms with Crippen LogP contribution in [0.25, 0.3) is 11.1 Å². The van der Waals surface area contributed by atoms with Crippen molar-refractivity contribution in [1.82, 2.24) is 9.47 Å². The SMILES string of the molecule is COc1ccc(CCN(C)C(=O)c2cc3occc3n2Cc2ccc(F)c(F)c2)cc1OC. The molecule has 0 aliphatic carbocycles. The van der Waals surface area contributed by atoms with Crippen LogP contribution in [0.15, 0.2) is 59.2 Å². The normalized spacial score (nSPS) is 11.1. The Morgan fingerprint density at radius 1 is 0.970 bits per heavy atom. The smallest absolute Gasteiger partial charge is 0.270 e. The Hall–Kier alpha value is -3.81. The molecule has 4 aromatic rings. The molecule has 0 unspecified atom stereocenters. The summed E-state index contributed by atoms with van der Waals surface area (Å²) in [6.45, 7) is 0.664. The van der Waals surface area contributed by atoms with Crippen molar-refractivity contribution in [2.24, 2.45) is 0 Å². The van der Waals surface area contributed by atoms with Gasteiger partial charge in [0.2, 0.25) is 0 Å². The minimum Gasteiger partial charge on any atom is -0.493 e. The van der Waals surface area contributed by atoms with E-state index < -0.39 is 11.6 Å². The maximum Gasteiger partial charge on any atom is 0.270 e. The molecule has 0 N–H and O–H groups in total. The van der Waals surface area contributed by atoms with Gasteiger partial charge in [0.05, 0.1) is 26.0 Å². The van der Waals surface area contributed by atoms with Crippen LogP contribution in [0.1, 0.15) is 21.6 Å². The van der Waals surface area contributed by atoms with Crippen LogP contribution < -0.4 is 9.47 Å². The first kappa shape index (κ1) is 22.4. The van der Waals surface area contributed by atoms with E-state index in [1.165, 1.54) is 12.3 Å². The number of methoxy groups -OCH3 is 2. The molecule has 0 spiro atoms. The number of carbonyl (C=O) groups excluding carboxylic acids is 1. The first-order chi connectivity index (χ1) is 15.9. The van der Waals surface area contributed by atoms with Crippen molar-refractivity contribution >= 4 is 17.0 Å². The van der Waals surface area contributed by atoms with Gasteiger partial charge in [0.15, 0.2) is 28.7 Å². The van der Waals surface area contributed by atoms with Gasteiger partial charge >= 0.3 is 0 Å². The summed E-state index contributed by atoms with van der Waals surface area (Å²) in [7, 11) is 4.88. The van der Waals surface area contributed by atoms with Crippen molar-refractivity contribution in [3.05, 3.63) is 83.2 Å². The number of hydrogen-bond donors (Lipinski definition) is 0. The van der Waals surface area contributed by atoms with Gasteiger partial charge < -0.3 is 23.4 Å². The molecule has 0 bridgehead atoms. The van der Waals surface area contributed by atoms with Gasteiger partial charge in [-0.1, -0.05) is 12.1 Å². The molecule has 0 radical (unpaired) electrons. The predicted molar refractivity (Wildman–Crippen MR) is 120 cm³/mol. The highest BCUT2D eigenvalue weighted by Crippen LogP contribution is 2.28. The monoisotopic (exact) mass is 454 g/mol. The number of ether oxygens (including phenoxy) is 2. The zero-order valence-electron chi connectivity index (χ0n) is 18.6.